The van der Waals surface area contributed by atoms with Gasteiger partial charge in [0.05, 0.1) is 13.2 Å². The van der Waals surface area contributed by atoms with Crippen molar-refractivity contribution in [3.63, 3.8) is 0 Å². The molecule has 1 aliphatic carbocycles. The van der Waals surface area contributed by atoms with Gasteiger partial charge in [0.15, 0.2) is 17.0 Å². The summed E-state index contributed by atoms with van der Waals surface area (Å²) in [5.74, 6) is 2.17. The zero-order chi connectivity index (χ0) is 22.2. The Bertz CT molecular complexity index is 822. The molecular formula is C24H41N5O2. The summed E-state index contributed by atoms with van der Waals surface area (Å²) in [6, 6.07) is 0.838. The number of imidazole rings is 1. The number of hydrogen-bond donors (Lipinski definition) is 1. The van der Waals surface area contributed by atoms with Gasteiger partial charge in [0.25, 0.3) is 6.01 Å². The quantitative estimate of drug-likeness (QED) is 0.359. The number of methoxy groups -OCH3 is 1. The molecular weight excluding hydrogens is 390 g/mol. The SMILES string of the molecule is CCC(C)Oc1nc(N)c2nc(OC)n(CCCCCCC3CCCCCC3C)c2n1. The topological polar surface area (TPSA) is 88.1 Å². The molecule has 2 N–H and O–H groups in total. The highest BCUT2D eigenvalue weighted by Crippen LogP contribution is 2.32. The average Bonchev–Trinajstić information content (AvgIpc) is 2.98. The number of nitrogens with two attached hydrogens (primary N) is 1. The van der Waals surface area contributed by atoms with E-state index in [0.29, 0.717) is 29.0 Å². The zero-order valence-electron chi connectivity index (χ0n) is 19.9. The van der Waals surface area contributed by atoms with Gasteiger partial charge in [-0.25, -0.2) is 0 Å². The number of rotatable bonds is 11. The van der Waals surface area contributed by atoms with Crippen LogP contribution in [-0.4, -0.2) is 32.7 Å². The molecule has 2 aromatic heterocycles. The Hall–Kier alpha value is -2.05. The molecule has 0 bridgehead atoms. The van der Waals surface area contributed by atoms with Gasteiger partial charge in [-0.05, 0) is 31.6 Å². The largest absolute Gasteiger partial charge is 0.468 e. The highest BCUT2D eigenvalue weighted by atomic mass is 16.5. The van der Waals surface area contributed by atoms with Crippen LogP contribution in [0.2, 0.25) is 0 Å². The van der Waals surface area contributed by atoms with Crippen molar-refractivity contribution >= 4 is 17.0 Å². The molecule has 3 unspecified atom stereocenters. The Morgan fingerprint density at radius 1 is 1.06 bits per heavy atom. The number of fused-ring (bicyclic) bond motifs is 1. The van der Waals surface area contributed by atoms with Crippen LogP contribution in [0.15, 0.2) is 0 Å². The zero-order valence-corrected chi connectivity index (χ0v) is 19.9. The molecule has 31 heavy (non-hydrogen) atoms. The molecule has 174 valence electrons. The first-order chi connectivity index (χ1) is 15.0. The number of aromatic nitrogens is 4. The summed E-state index contributed by atoms with van der Waals surface area (Å²) in [6.07, 6.45) is 14.3. The number of unbranched alkanes of at least 4 members (excludes halogenated alkanes) is 3. The second-order valence-corrected chi connectivity index (χ2v) is 9.23. The number of anilines is 1. The fourth-order valence-corrected chi connectivity index (χ4v) is 4.68. The molecule has 0 radical (unpaired) electrons. The minimum absolute atomic E-state index is 0.0336. The lowest BCUT2D eigenvalue weighted by molar-refractivity contribution is 0.200. The monoisotopic (exact) mass is 431 g/mol. The number of nitrogen functional groups attached to an aromatic ring is 1. The summed E-state index contributed by atoms with van der Waals surface area (Å²) in [4.78, 5) is 13.4. The molecule has 7 heteroatoms. The van der Waals surface area contributed by atoms with Crippen LogP contribution in [0.5, 0.6) is 12.0 Å². The number of ether oxygens (including phenoxy) is 2. The molecule has 0 spiro atoms. The maximum absolute atomic E-state index is 6.14. The Morgan fingerprint density at radius 3 is 2.61 bits per heavy atom. The van der Waals surface area contributed by atoms with E-state index in [-0.39, 0.29) is 6.10 Å². The van der Waals surface area contributed by atoms with E-state index in [1.54, 1.807) is 7.11 Å². The Kier molecular flexibility index (Phi) is 8.79. The second-order valence-electron chi connectivity index (χ2n) is 9.23. The van der Waals surface area contributed by atoms with E-state index in [9.17, 15) is 0 Å². The third-order valence-corrected chi connectivity index (χ3v) is 6.88. The fourth-order valence-electron chi connectivity index (χ4n) is 4.68. The smallest absolute Gasteiger partial charge is 0.320 e. The molecule has 3 rings (SSSR count). The van der Waals surface area contributed by atoms with Crippen LogP contribution in [0.1, 0.15) is 91.4 Å². The van der Waals surface area contributed by atoms with E-state index in [1.807, 2.05) is 11.5 Å². The lowest BCUT2D eigenvalue weighted by atomic mass is 9.85. The van der Waals surface area contributed by atoms with Crippen molar-refractivity contribution in [1.82, 2.24) is 19.5 Å². The third-order valence-electron chi connectivity index (χ3n) is 6.88. The van der Waals surface area contributed by atoms with Crippen molar-refractivity contribution in [2.24, 2.45) is 11.8 Å². The molecule has 0 aromatic carbocycles. The van der Waals surface area contributed by atoms with E-state index >= 15 is 0 Å². The highest BCUT2D eigenvalue weighted by molar-refractivity contribution is 5.83. The molecule has 0 aliphatic heterocycles. The van der Waals surface area contributed by atoms with Gasteiger partial charge in [0.1, 0.15) is 0 Å². The Balaban J connectivity index is 1.56. The lowest BCUT2D eigenvalue weighted by Crippen LogP contribution is -2.13. The van der Waals surface area contributed by atoms with E-state index in [2.05, 4.69) is 28.8 Å². The fraction of sp³-hybridized carbons (Fsp3) is 0.792. The molecule has 0 saturated heterocycles. The van der Waals surface area contributed by atoms with Crippen LogP contribution in [0.25, 0.3) is 11.2 Å². The summed E-state index contributed by atoms with van der Waals surface area (Å²) in [5.41, 5.74) is 7.41. The predicted molar refractivity (Wildman–Crippen MR) is 125 cm³/mol. The first-order valence-corrected chi connectivity index (χ1v) is 12.3. The minimum atomic E-state index is 0.0336. The molecule has 2 heterocycles. The average molecular weight is 432 g/mol. The van der Waals surface area contributed by atoms with Crippen LogP contribution >= 0.6 is 0 Å². The van der Waals surface area contributed by atoms with Crippen molar-refractivity contribution in [2.45, 2.75) is 104 Å². The van der Waals surface area contributed by atoms with Crippen LogP contribution in [0.3, 0.4) is 0 Å². The Labute approximate surface area is 187 Å². The molecule has 2 aromatic rings. The van der Waals surface area contributed by atoms with Gasteiger partial charge in [-0.1, -0.05) is 71.6 Å². The van der Waals surface area contributed by atoms with Crippen molar-refractivity contribution in [3.8, 4) is 12.0 Å². The third kappa shape index (κ3) is 6.23. The van der Waals surface area contributed by atoms with Crippen LogP contribution < -0.4 is 15.2 Å². The highest BCUT2D eigenvalue weighted by Gasteiger charge is 2.20. The molecule has 7 nitrogen and oxygen atoms in total. The number of aryl methyl sites for hydroxylation is 1. The first kappa shape index (κ1) is 23.6. The summed E-state index contributed by atoms with van der Waals surface area (Å²) >= 11 is 0. The summed E-state index contributed by atoms with van der Waals surface area (Å²) in [7, 11) is 1.63. The van der Waals surface area contributed by atoms with Gasteiger partial charge in [-0.2, -0.15) is 15.0 Å². The van der Waals surface area contributed by atoms with Crippen molar-refractivity contribution in [1.29, 1.82) is 0 Å². The van der Waals surface area contributed by atoms with E-state index in [0.717, 1.165) is 31.2 Å². The number of nitrogens with zero attached hydrogens (tertiary/aromatic N) is 4. The van der Waals surface area contributed by atoms with Crippen LogP contribution in [-0.2, 0) is 6.54 Å². The predicted octanol–water partition coefficient (Wildman–Crippen LogP) is 5.76. The summed E-state index contributed by atoms with van der Waals surface area (Å²) in [6.45, 7) is 7.33. The van der Waals surface area contributed by atoms with E-state index in [1.165, 1.54) is 57.8 Å². The standard InChI is InChI=1S/C24H41N5O2/c1-5-18(3)31-23-27-21(25)20-22(28-23)29(24(26-20)30-4)16-12-7-6-10-14-19-15-11-8-9-13-17(19)2/h17-19H,5-16H2,1-4H3,(H2,25,27,28). The minimum Gasteiger partial charge on any atom is -0.468 e. The van der Waals surface area contributed by atoms with Gasteiger partial charge >= 0.3 is 6.01 Å². The first-order valence-electron chi connectivity index (χ1n) is 12.3. The van der Waals surface area contributed by atoms with Crippen molar-refractivity contribution < 1.29 is 9.47 Å². The summed E-state index contributed by atoms with van der Waals surface area (Å²) < 4.78 is 13.3. The molecule has 0 amide bonds. The van der Waals surface area contributed by atoms with Crippen molar-refractivity contribution in [2.75, 3.05) is 12.8 Å². The Morgan fingerprint density at radius 2 is 1.84 bits per heavy atom. The van der Waals surface area contributed by atoms with Gasteiger partial charge in [0, 0.05) is 6.54 Å². The van der Waals surface area contributed by atoms with Gasteiger partial charge in [0.2, 0.25) is 0 Å². The molecule has 3 atom stereocenters. The second kappa shape index (κ2) is 11.5. The van der Waals surface area contributed by atoms with E-state index < -0.39 is 0 Å². The maximum Gasteiger partial charge on any atom is 0.320 e. The van der Waals surface area contributed by atoms with Gasteiger partial charge < -0.3 is 15.2 Å². The molecule has 1 fully saturated rings. The number of hydrogen-bond acceptors (Lipinski definition) is 6. The maximum atomic E-state index is 6.14. The summed E-state index contributed by atoms with van der Waals surface area (Å²) in [5, 5.41) is 0. The molecule has 1 aliphatic rings. The van der Waals surface area contributed by atoms with Gasteiger partial charge in [-0.15, -0.1) is 0 Å². The lowest BCUT2D eigenvalue weighted by Gasteiger charge is -2.21. The normalized spacial score (nSPS) is 20.5. The van der Waals surface area contributed by atoms with Crippen molar-refractivity contribution in [3.05, 3.63) is 0 Å². The van der Waals surface area contributed by atoms with Gasteiger partial charge in [-0.3, -0.25) is 4.57 Å². The molecule has 1 saturated carbocycles. The van der Waals surface area contributed by atoms with Crippen LogP contribution in [0.4, 0.5) is 5.82 Å². The van der Waals surface area contributed by atoms with E-state index in [4.69, 9.17) is 15.2 Å². The van der Waals surface area contributed by atoms with Crippen LogP contribution in [0, 0.1) is 11.8 Å².